The van der Waals surface area contributed by atoms with Gasteiger partial charge in [0.25, 0.3) is 5.91 Å². The first kappa shape index (κ1) is 23.5. The normalized spacial score (nSPS) is 18.7. The number of nitrogens with zero attached hydrogens (tertiary/aromatic N) is 7. The van der Waals surface area contributed by atoms with Gasteiger partial charge in [-0.2, -0.15) is 4.80 Å². The summed E-state index contributed by atoms with van der Waals surface area (Å²) in [5, 5.41) is 12.0. The molecule has 1 atom stereocenters. The molecule has 12 nitrogen and oxygen atoms in total. The molecule has 2 aliphatic rings. The van der Waals surface area contributed by atoms with Crippen LogP contribution in [0.4, 0.5) is 25.0 Å². The molecule has 34 heavy (non-hydrogen) atoms. The van der Waals surface area contributed by atoms with Gasteiger partial charge in [0.1, 0.15) is 24.1 Å². The number of benzene rings is 1. The smallest absolute Gasteiger partial charge is 0.414 e. The van der Waals surface area contributed by atoms with Crippen molar-refractivity contribution in [2.24, 2.45) is 0 Å². The van der Waals surface area contributed by atoms with Crippen LogP contribution in [0.1, 0.15) is 19.8 Å². The first-order valence-electron chi connectivity index (χ1n) is 10.7. The van der Waals surface area contributed by atoms with Crippen LogP contribution in [-0.2, 0) is 25.7 Å². The Morgan fingerprint density at radius 2 is 1.94 bits per heavy atom. The molecule has 2 fully saturated rings. The van der Waals surface area contributed by atoms with Crippen LogP contribution in [0.25, 0.3) is 0 Å². The third kappa shape index (κ3) is 5.27. The predicted molar refractivity (Wildman–Crippen MR) is 112 cm³/mol. The average Bonchev–Trinajstić information content (AvgIpc) is 3.35. The van der Waals surface area contributed by atoms with Crippen LogP contribution in [0, 0.1) is 11.6 Å². The standard InChI is InChI=1S/C20H23F2N7O5/c1-13(30)2-3-15-10-27(20(32)34-15)14-8-16(21)19(17(22)9-14)26-4-5-28(33-7-6-26)18(31)11-29-24-12-23-25-29/h8-9,12,15H,2-7,10-11H2,1H3/t15-/m0/s1. The largest absolute Gasteiger partial charge is 0.444 e. The lowest BCUT2D eigenvalue weighted by atomic mass is 10.1. The Hall–Kier alpha value is -3.68. The molecule has 0 unspecified atom stereocenters. The fraction of sp³-hybridized carbons (Fsp3) is 0.500. The van der Waals surface area contributed by atoms with Gasteiger partial charge >= 0.3 is 6.09 Å². The van der Waals surface area contributed by atoms with Crippen molar-refractivity contribution in [3.8, 4) is 0 Å². The maximum absolute atomic E-state index is 15.0. The van der Waals surface area contributed by atoms with Crippen molar-refractivity contribution in [3.63, 3.8) is 0 Å². The van der Waals surface area contributed by atoms with Crippen molar-refractivity contribution >= 4 is 29.2 Å². The van der Waals surface area contributed by atoms with Gasteiger partial charge in [0.15, 0.2) is 18.0 Å². The van der Waals surface area contributed by atoms with E-state index < -0.39 is 29.7 Å². The SMILES string of the molecule is CC(=O)CC[C@H]1CN(c2cc(F)c(N3CCON(C(=O)Cn4ncnn4)CC3)c(F)c2)C(=O)O1. The van der Waals surface area contributed by atoms with Crippen LogP contribution in [-0.4, -0.2) is 81.9 Å². The van der Waals surface area contributed by atoms with E-state index in [0.717, 1.165) is 26.9 Å². The van der Waals surface area contributed by atoms with E-state index in [1.807, 2.05) is 0 Å². The van der Waals surface area contributed by atoms with Crippen LogP contribution in [0.2, 0.25) is 0 Å². The lowest BCUT2D eigenvalue weighted by Crippen LogP contribution is -2.37. The van der Waals surface area contributed by atoms with E-state index in [2.05, 4.69) is 15.4 Å². The zero-order valence-electron chi connectivity index (χ0n) is 18.4. The molecule has 0 N–H and O–H groups in total. The Morgan fingerprint density at radius 3 is 2.62 bits per heavy atom. The summed E-state index contributed by atoms with van der Waals surface area (Å²) in [6.07, 6.45) is 0.540. The minimum atomic E-state index is -0.860. The third-order valence-electron chi connectivity index (χ3n) is 5.45. The van der Waals surface area contributed by atoms with E-state index in [1.54, 1.807) is 0 Å². The maximum atomic E-state index is 15.0. The van der Waals surface area contributed by atoms with Crippen molar-refractivity contribution in [1.29, 1.82) is 0 Å². The molecule has 2 aliphatic heterocycles. The van der Waals surface area contributed by atoms with E-state index in [4.69, 9.17) is 9.57 Å². The molecule has 2 amide bonds. The zero-order valence-corrected chi connectivity index (χ0v) is 18.4. The summed E-state index contributed by atoms with van der Waals surface area (Å²) in [6.45, 7) is 1.68. The highest BCUT2D eigenvalue weighted by atomic mass is 19.1. The van der Waals surface area contributed by atoms with E-state index in [0.29, 0.717) is 6.42 Å². The number of cyclic esters (lactones) is 1. The summed E-state index contributed by atoms with van der Waals surface area (Å²) in [7, 11) is 0. The third-order valence-corrected chi connectivity index (χ3v) is 5.45. The van der Waals surface area contributed by atoms with Gasteiger partial charge in [-0.3, -0.25) is 14.5 Å². The Kier molecular flexibility index (Phi) is 6.95. The van der Waals surface area contributed by atoms with Gasteiger partial charge in [0.2, 0.25) is 0 Å². The molecule has 0 radical (unpaired) electrons. The highest BCUT2D eigenvalue weighted by Crippen LogP contribution is 2.32. The molecule has 3 heterocycles. The number of aromatic nitrogens is 4. The molecule has 2 saturated heterocycles. The fourth-order valence-electron chi connectivity index (χ4n) is 3.79. The molecule has 0 bridgehead atoms. The molecule has 0 saturated carbocycles. The summed E-state index contributed by atoms with van der Waals surface area (Å²) in [6, 6.07) is 2.14. The summed E-state index contributed by atoms with van der Waals surface area (Å²) in [5.74, 6) is -2.18. The number of carbonyl (C=O) groups excluding carboxylic acids is 3. The minimum absolute atomic E-state index is 0.0213. The molecule has 2 aromatic rings. The number of ketones is 1. The van der Waals surface area contributed by atoms with E-state index >= 15 is 8.78 Å². The summed E-state index contributed by atoms with van der Waals surface area (Å²) in [4.78, 5) is 44.8. The first-order chi connectivity index (χ1) is 16.3. The molecule has 1 aromatic carbocycles. The molecule has 0 aliphatic carbocycles. The van der Waals surface area contributed by atoms with Gasteiger partial charge < -0.3 is 14.4 Å². The summed E-state index contributed by atoms with van der Waals surface area (Å²) >= 11 is 0. The number of tetrazole rings is 1. The van der Waals surface area contributed by atoms with Crippen LogP contribution >= 0.6 is 0 Å². The van der Waals surface area contributed by atoms with Crippen LogP contribution in [0.3, 0.4) is 0 Å². The lowest BCUT2D eigenvalue weighted by molar-refractivity contribution is -0.183. The first-order valence-corrected chi connectivity index (χ1v) is 10.7. The molecule has 4 rings (SSSR count). The molecular formula is C20H23F2N7O5. The fourth-order valence-corrected chi connectivity index (χ4v) is 3.79. The highest BCUT2D eigenvalue weighted by Gasteiger charge is 2.34. The topological polar surface area (TPSA) is 123 Å². The highest BCUT2D eigenvalue weighted by molar-refractivity contribution is 5.90. The van der Waals surface area contributed by atoms with Crippen molar-refractivity contribution < 1.29 is 32.7 Å². The van der Waals surface area contributed by atoms with E-state index in [-0.39, 0.29) is 62.9 Å². The number of anilines is 2. The predicted octanol–water partition coefficient (Wildman–Crippen LogP) is 0.926. The van der Waals surface area contributed by atoms with E-state index in [9.17, 15) is 14.4 Å². The Bertz CT molecular complexity index is 1040. The molecule has 14 heteroatoms. The minimum Gasteiger partial charge on any atom is -0.444 e. The summed E-state index contributed by atoms with van der Waals surface area (Å²) in [5.41, 5.74) is -0.252. The van der Waals surface area contributed by atoms with Gasteiger partial charge in [-0.05, 0) is 18.6 Å². The Morgan fingerprint density at radius 1 is 1.18 bits per heavy atom. The van der Waals surface area contributed by atoms with Crippen LogP contribution < -0.4 is 9.80 Å². The Labute approximate surface area is 192 Å². The number of hydrogen-bond acceptors (Lipinski definition) is 9. The zero-order chi connectivity index (χ0) is 24.2. The van der Waals surface area contributed by atoms with Gasteiger partial charge in [-0.15, -0.1) is 10.2 Å². The van der Waals surface area contributed by atoms with Crippen LogP contribution in [0.5, 0.6) is 0 Å². The second-order valence-electron chi connectivity index (χ2n) is 7.90. The van der Waals surface area contributed by atoms with Crippen LogP contribution in [0.15, 0.2) is 18.5 Å². The van der Waals surface area contributed by atoms with Crippen molar-refractivity contribution in [2.45, 2.75) is 32.4 Å². The van der Waals surface area contributed by atoms with Gasteiger partial charge in [-0.25, -0.2) is 18.6 Å². The number of ether oxygens (including phenoxy) is 1. The number of halogens is 2. The van der Waals surface area contributed by atoms with Gasteiger partial charge in [-0.1, -0.05) is 0 Å². The second-order valence-corrected chi connectivity index (χ2v) is 7.90. The summed E-state index contributed by atoms with van der Waals surface area (Å²) < 4.78 is 35.2. The van der Waals surface area contributed by atoms with E-state index in [1.165, 1.54) is 18.2 Å². The number of amides is 2. The molecule has 0 spiro atoms. The quantitative estimate of drug-likeness (QED) is 0.570. The molecule has 182 valence electrons. The van der Waals surface area contributed by atoms with Gasteiger partial charge in [0, 0.05) is 31.6 Å². The second kappa shape index (κ2) is 10.1. The number of carbonyl (C=O) groups is 3. The number of hydroxylamine groups is 2. The monoisotopic (exact) mass is 479 g/mol. The maximum Gasteiger partial charge on any atom is 0.414 e. The van der Waals surface area contributed by atoms with Crippen molar-refractivity contribution in [2.75, 3.05) is 42.6 Å². The van der Waals surface area contributed by atoms with Crippen molar-refractivity contribution in [3.05, 3.63) is 30.1 Å². The average molecular weight is 479 g/mol. The molecule has 1 aromatic heterocycles. The Balaban J connectivity index is 1.42. The number of rotatable bonds is 7. The number of hydrogen-bond donors (Lipinski definition) is 0. The molecular weight excluding hydrogens is 456 g/mol. The number of Topliss-reactive ketones (excluding diaryl/α,β-unsaturated/α-hetero) is 1. The van der Waals surface area contributed by atoms with Gasteiger partial charge in [0.05, 0.1) is 25.4 Å². The van der Waals surface area contributed by atoms with Crippen molar-refractivity contribution in [1.82, 2.24) is 25.3 Å². The lowest BCUT2D eigenvalue weighted by Gasteiger charge is -2.24.